The average Bonchev–Trinajstić information content (AvgIpc) is 2.06. The zero-order chi connectivity index (χ0) is 11.6. The van der Waals surface area contributed by atoms with E-state index < -0.39 is 5.82 Å². The highest BCUT2D eigenvalue weighted by Gasteiger charge is 2.15. The molecule has 1 aromatic carbocycles. The molecule has 1 rings (SSSR count). The van der Waals surface area contributed by atoms with Crippen LogP contribution in [0.25, 0.3) is 0 Å². The van der Waals surface area contributed by atoms with E-state index >= 15 is 0 Å². The lowest BCUT2D eigenvalue weighted by molar-refractivity contribution is 0.0919. The van der Waals surface area contributed by atoms with Crippen molar-refractivity contribution in [3.05, 3.63) is 29.6 Å². The molecule has 15 heavy (non-hydrogen) atoms. The summed E-state index contributed by atoms with van der Waals surface area (Å²) in [5, 5.41) is 2.79. The largest absolute Gasteiger partial charge is 0.347 e. The van der Waals surface area contributed by atoms with Gasteiger partial charge in [0.15, 0.2) is 0 Å². The summed E-state index contributed by atoms with van der Waals surface area (Å²) in [6.07, 6.45) is 0. The van der Waals surface area contributed by atoms with E-state index in [1.165, 1.54) is 18.2 Å². The Morgan fingerprint density at radius 1 is 1.40 bits per heavy atom. The first-order valence-corrected chi connectivity index (χ1v) is 5.05. The molecule has 0 heterocycles. The number of nitrogens with one attached hydrogen (secondary N) is 1. The lowest BCUT2D eigenvalue weighted by atomic mass is 10.1. The quantitative estimate of drug-likeness (QED) is 0.710. The van der Waals surface area contributed by atoms with Gasteiger partial charge in [0, 0.05) is 16.0 Å². The van der Waals surface area contributed by atoms with Crippen molar-refractivity contribution in [1.82, 2.24) is 5.32 Å². The Kier molecular flexibility index (Phi) is 3.39. The number of thiol groups is 1. The van der Waals surface area contributed by atoms with Crippen molar-refractivity contribution in [3.8, 4) is 0 Å². The number of carbonyl (C=O) groups is 1. The van der Waals surface area contributed by atoms with Crippen LogP contribution in [0.2, 0.25) is 0 Å². The van der Waals surface area contributed by atoms with Crippen LogP contribution >= 0.6 is 12.6 Å². The molecule has 0 radical (unpaired) electrons. The minimum Gasteiger partial charge on any atom is -0.347 e. The summed E-state index contributed by atoms with van der Waals surface area (Å²) in [6.45, 7) is 5.65. The first-order valence-electron chi connectivity index (χ1n) is 4.60. The average molecular weight is 227 g/mol. The Hall–Kier alpha value is -1.03. The van der Waals surface area contributed by atoms with E-state index in [4.69, 9.17) is 0 Å². The van der Waals surface area contributed by atoms with Gasteiger partial charge in [0.2, 0.25) is 0 Å². The fourth-order valence-corrected chi connectivity index (χ4v) is 1.28. The Morgan fingerprint density at radius 3 is 2.47 bits per heavy atom. The Morgan fingerprint density at radius 2 is 2.00 bits per heavy atom. The van der Waals surface area contributed by atoms with Crippen LogP contribution in [0, 0.1) is 5.82 Å². The first-order chi connectivity index (χ1) is 6.79. The van der Waals surface area contributed by atoms with E-state index in [1.54, 1.807) is 0 Å². The second-order valence-electron chi connectivity index (χ2n) is 4.37. The lowest BCUT2D eigenvalue weighted by Gasteiger charge is -2.20. The smallest absolute Gasteiger partial charge is 0.251 e. The highest BCUT2D eigenvalue weighted by Crippen LogP contribution is 2.14. The van der Waals surface area contributed by atoms with Crippen LogP contribution in [0.1, 0.15) is 31.1 Å². The molecule has 0 bridgehead atoms. The molecule has 82 valence electrons. The summed E-state index contributed by atoms with van der Waals surface area (Å²) < 4.78 is 12.9. The molecule has 1 N–H and O–H groups in total. The molecule has 1 amide bonds. The Balaban J connectivity index is 2.88. The fourth-order valence-electron chi connectivity index (χ4n) is 1.07. The summed E-state index contributed by atoms with van der Waals surface area (Å²) in [6, 6.07) is 4.09. The number of hydrogen-bond donors (Lipinski definition) is 2. The number of hydrogen-bond acceptors (Lipinski definition) is 2. The summed E-state index contributed by atoms with van der Waals surface area (Å²) >= 11 is 3.92. The van der Waals surface area contributed by atoms with Crippen molar-refractivity contribution in [2.24, 2.45) is 0 Å². The van der Waals surface area contributed by atoms with Crippen molar-refractivity contribution in [2.45, 2.75) is 31.2 Å². The van der Waals surface area contributed by atoms with Gasteiger partial charge in [0.1, 0.15) is 5.82 Å². The third-order valence-corrected chi connectivity index (χ3v) is 2.04. The molecule has 0 aliphatic carbocycles. The van der Waals surface area contributed by atoms with Crippen molar-refractivity contribution in [3.63, 3.8) is 0 Å². The van der Waals surface area contributed by atoms with E-state index in [2.05, 4.69) is 17.9 Å². The van der Waals surface area contributed by atoms with Crippen molar-refractivity contribution in [1.29, 1.82) is 0 Å². The molecule has 0 atom stereocenters. The third-order valence-electron chi connectivity index (χ3n) is 1.70. The maximum Gasteiger partial charge on any atom is 0.251 e. The zero-order valence-corrected chi connectivity index (χ0v) is 9.86. The van der Waals surface area contributed by atoms with Gasteiger partial charge in [-0.25, -0.2) is 4.39 Å². The first kappa shape index (κ1) is 12.0. The normalized spacial score (nSPS) is 11.3. The van der Waals surface area contributed by atoms with Crippen molar-refractivity contribution in [2.75, 3.05) is 0 Å². The van der Waals surface area contributed by atoms with Crippen molar-refractivity contribution >= 4 is 18.5 Å². The summed E-state index contributed by atoms with van der Waals surface area (Å²) in [5.74, 6) is -0.650. The number of amides is 1. The summed E-state index contributed by atoms with van der Waals surface area (Å²) in [5.41, 5.74) is 0.110. The van der Waals surface area contributed by atoms with Gasteiger partial charge in [-0.15, -0.1) is 12.6 Å². The van der Waals surface area contributed by atoms with Crippen LogP contribution in [-0.4, -0.2) is 11.4 Å². The molecule has 0 spiro atoms. The highest BCUT2D eigenvalue weighted by atomic mass is 32.1. The molecule has 0 unspecified atom stereocenters. The van der Waals surface area contributed by atoms with E-state index in [1.807, 2.05) is 20.8 Å². The standard InChI is InChI=1S/C11H14FNOS/c1-11(2,3)13-10(14)7-4-5-8(12)9(15)6-7/h4-6,15H,1-3H3,(H,13,14). The minimum absolute atomic E-state index is 0.177. The third kappa shape index (κ3) is 3.55. The molecule has 1 aromatic rings. The molecular formula is C11H14FNOS. The number of halogens is 1. The number of carbonyl (C=O) groups excluding carboxylic acids is 1. The topological polar surface area (TPSA) is 29.1 Å². The molecular weight excluding hydrogens is 213 g/mol. The number of benzene rings is 1. The Bertz CT molecular complexity index is 385. The monoisotopic (exact) mass is 227 g/mol. The van der Waals surface area contributed by atoms with Gasteiger partial charge < -0.3 is 5.32 Å². The van der Waals surface area contributed by atoms with E-state index in [-0.39, 0.29) is 16.3 Å². The van der Waals surface area contributed by atoms with E-state index in [9.17, 15) is 9.18 Å². The second-order valence-corrected chi connectivity index (χ2v) is 4.85. The molecule has 2 nitrogen and oxygen atoms in total. The SMILES string of the molecule is CC(C)(C)NC(=O)c1ccc(F)c(S)c1. The van der Waals surface area contributed by atoms with Crippen LogP contribution in [0.15, 0.2) is 23.1 Å². The molecule has 0 aliphatic heterocycles. The van der Waals surface area contributed by atoms with Crippen LogP contribution in [-0.2, 0) is 0 Å². The van der Waals surface area contributed by atoms with Gasteiger partial charge in [-0.1, -0.05) is 0 Å². The minimum atomic E-state index is -0.425. The fraction of sp³-hybridized carbons (Fsp3) is 0.364. The van der Waals surface area contributed by atoms with Gasteiger partial charge in [0.05, 0.1) is 0 Å². The van der Waals surface area contributed by atoms with E-state index in [0.29, 0.717) is 5.56 Å². The zero-order valence-electron chi connectivity index (χ0n) is 8.97. The number of rotatable bonds is 1. The molecule has 0 saturated heterocycles. The summed E-state index contributed by atoms with van der Waals surface area (Å²) in [7, 11) is 0. The molecule has 4 heteroatoms. The van der Waals surface area contributed by atoms with Crippen LogP contribution in [0.4, 0.5) is 4.39 Å². The van der Waals surface area contributed by atoms with Gasteiger partial charge in [-0.3, -0.25) is 4.79 Å². The molecule has 0 aliphatic rings. The lowest BCUT2D eigenvalue weighted by Crippen LogP contribution is -2.40. The predicted octanol–water partition coefficient (Wildman–Crippen LogP) is 2.64. The highest BCUT2D eigenvalue weighted by molar-refractivity contribution is 7.80. The molecule has 0 aromatic heterocycles. The summed E-state index contributed by atoms with van der Waals surface area (Å²) in [4.78, 5) is 11.8. The van der Waals surface area contributed by atoms with Crippen LogP contribution in [0.3, 0.4) is 0 Å². The second kappa shape index (κ2) is 4.23. The maximum atomic E-state index is 12.9. The van der Waals surface area contributed by atoms with Gasteiger partial charge in [-0.05, 0) is 39.0 Å². The van der Waals surface area contributed by atoms with E-state index in [0.717, 1.165) is 0 Å². The Labute approximate surface area is 94.3 Å². The van der Waals surface area contributed by atoms with Crippen LogP contribution in [0.5, 0.6) is 0 Å². The molecule has 0 saturated carbocycles. The predicted molar refractivity (Wildman–Crippen MR) is 60.9 cm³/mol. The van der Waals surface area contributed by atoms with Gasteiger partial charge >= 0.3 is 0 Å². The van der Waals surface area contributed by atoms with Gasteiger partial charge in [-0.2, -0.15) is 0 Å². The van der Waals surface area contributed by atoms with Crippen LogP contribution < -0.4 is 5.32 Å². The maximum absolute atomic E-state index is 12.9. The molecule has 0 fully saturated rings. The van der Waals surface area contributed by atoms with Crippen molar-refractivity contribution < 1.29 is 9.18 Å². The van der Waals surface area contributed by atoms with Gasteiger partial charge in [0.25, 0.3) is 5.91 Å².